The summed E-state index contributed by atoms with van der Waals surface area (Å²) >= 11 is 0. The average molecular weight is 271 g/mol. The van der Waals surface area contributed by atoms with Gasteiger partial charge in [0.1, 0.15) is 0 Å². The molecule has 1 unspecified atom stereocenters. The highest BCUT2D eigenvalue weighted by Gasteiger charge is 2.28. The van der Waals surface area contributed by atoms with E-state index < -0.39 is 5.54 Å². The van der Waals surface area contributed by atoms with Crippen LogP contribution in [0.3, 0.4) is 0 Å². The van der Waals surface area contributed by atoms with Crippen molar-refractivity contribution in [3.8, 4) is 0 Å². The van der Waals surface area contributed by atoms with E-state index in [1.165, 1.54) is 0 Å². The maximum atomic E-state index is 11.5. The quantitative estimate of drug-likeness (QED) is 0.639. The third kappa shape index (κ3) is 5.89. The molecule has 1 amide bonds. The molecule has 0 saturated carbocycles. The van der Waals surface area contributed by atoms with Crippen molar-refractivity contribution in [2.75, 3.05) is 39.4 Å². The molecular formula is C14H29N3O2. The Morgan fingerprint density at radius 2 is 2.16 bits per heavy atom. The molecule has 1 atom stereocenters. The number of hydrogen-bond donors (Lipinski definition) is 2. The number of nitrogens with two attached hydrogens (primary N) is 1. The second-order valence-electron chi connectivity index (χ2n) is 5.49. The minimum absolute atomic E-state index is 0.252. The Morgan fingerprint density at radius 1 is 1.37 bits per heavy atom. The third-order valence-corrected chi connectivity index (χ3v) is 3.83. The van der Waals surface area contributed by atoms with Gasteiger partial charge in [-0.2, -0.15) is 0 Å². The second-order valence-corrected chi connectivity index (χ2v) is 5.49. The maximum absolute atomic E-state index is 11.5. The molecule has 3 N–H and O–H groups in total. The summed E-state index contributed by atoms with van der Waals surface area (Å²) < 4.78 is 5.44. The van der Waals surface area contributed by atoms with Crippen molar-refractivity contribution >= 4 is 5.91 Å². The number of ether oxygens (including phenoxy) is 1. The summed E-state index contributed by atoms with van der Waals surface area (Å²) in [7, 11) is 0. The Morgan fingerprint density at radius 3 is 2.84 bits per heavy atom. The Bertz CT molecular complexity index is 265. The van der Waals surface area contributed by atoms with E-state index in [0.29, 0.717) is 0 Å². The average Bonchev–Trinajstić information content (AvgIpc) is 2.63. The lowest BCUT2D eigenvalue weighted by Crippen LogP contribution is -2.53. The molecular weight excluding hydrogens is 242 g/mol. The molecule has 0 aromatic heterocycles. The van der Waals surface area contributed by atoms with E-state index >= 15 is 0 Å². The molecule has 0 bridgehead atoms. The molecule has 5 heteroatoms. The summed E-state index contributed by atoms with van der Waals surface area (Å²) in [6.07, 6.45) is 4.05. The number of hydrogen-bond acceptors (Lipinski definition) is 4. The van der Waals surface area contributed by atoms with Gasteiger partial charge >= 0.3 is 0 Å². The Hall–Kier alpha value is -0.650. The number of primary amides is 1. The van der Waals surface area contributed by atoms with E-state index in [4.69, 9.17) is 10.5 Å². The van der Waals surface area contributed by atoms with Crippen molar-refractivity contribution in [2.24, 2.45) is 5.73 Å². The molecule has 0 aromatic carbocycles. The first kappa shape index (κ1) is 16.4. The van der Waals surface area contributed by atoms with Crippen LogP contribution in [0.2, 0.25) is 0 Å². The predicted octanol–water partition coefficient (Wildman–Crippen LogP) is 0.733. The number of amides is 1. The number of carbonyl (C=O) groups excluding carboxylic acids is 1. The van der Waals surface area contributed by atoms with E-state index in [-0.39, 0.29) is 5.91 Å². The standard InChI is InChI=1S/C14H29N3O2/c1-3-16-14(2,13(15)18)7-4-5-8-17-9-6-11-19-12-10-17/h16H,3-12H2,1-2H3,(H2,15,18). The highest BCUT2D eigenvalue weighted by Crippen LogP contribution is 2.14. The Kier molecular flexibility index (Phi) is 7.34. The van der Waals surface area contributed by atoms with Crippen LogP contribution < -0.4 is 11.1 Å². The fraction of sp³-hybridized carbons (Fsp3) is 0.929. The predicted molar refractivity (Wildman–Crippen MR) is 77.0 cm³/mol. The molecule has 1 rings (SSSR count). The molecule has 0 spiro atoms. The fourth-order valence-corrected chi connectivity index (χ4v) is 2.52. The highest BCUT2D eigenvalue weighted by atomic mass is 16.5. The monoisotopic (exact) mass is 271 g/mol. The summed E-state index contributed by atoms with van der Waals surface area (Å²) in [5.41, 5.74) is 4.92. The molecule has 1 fully saturated rings. The number of likely N-dealkylation sites (N-methyl/N-ethyl adjacent to an activating group) is 1. The van der Waals surface area contributed by atoms with Crippen LogP contribution in [0, 0.1) is 0 Å². The minimum Gasteiger partial charge on any atom is -0.380 e. The lowest BCUT2D eigenvalue weighted by Gasteiger charge is -2.27. The lowest BCUT2D eigenvalue weighted by atomic mass is 9.94. The number of rotatable bonds is 8. The molecule has 0 aromatic rings. The van der Waals surface area contributed by atoms with Crippen molar-refractivity contribution in [3.05, 3.63) is 0 Å². The number of nitrogens with one attached hydrogen (secondary N) is 1. The van der Waals surface area contributed by atoms with Crippen LogP contribution >= 0.6 is 0 Å². The summed E-state index contributed by atoms with van der Waals surface area (Å²) in [6.45, 7) is 9.64. The molecule has 1 aliphatic heterocycles. The van der Waals surface area contributed by atoms with Gasteiger partial charge in [0.25, 0.3) is 0 Å². The zero-order valence-electron chi connectivity index (χ0n) is 12.4. The van der Waals surface area contributed by atoms with Gasteiger partial charge in [-0.25, -0.2) is 0 Å². The smallest absolute Gasteiger partial charge is 0.237 e. The van der Waals surface area contributed by atoms with Gasteiger partial charge in [0.15, 0.2) is 0 Å². The van der Waals surface area contributed by atoms with Gasteiger partial charge in [-0.1, -0.05) is 6.92 Å². The summed E-state index contributed by atoms with van der Waals surface area (Å²) in [4.78, 5) is 13.9. The molecule has 19 heavy (non-hydrogen) atoms. The number of carbonyl (C=O) groups is 1. The van der Waals surface area contributed by atoms with E-state index in [2.05, 4.69) is 10.2 Å². The summed E-state index contributed by atoms with van der Waals surface area (Å²) in [5.74, 6) is -0.252. The van der Waals surface area contributed by atoms with Gasteiger partial charge in [-0.05, 0) is 45.7 Å². The van der Waals surface area contributed by atoms with Crippen LogP contribution in [0.25, 0.3) is 0 Å². The van der Waals surface area contributed by atoms with Gasteiger partial charge in [0.2, 0.25) is 5.91 Å². The van der Waals surface area contributed by atoms with Gasteiger partial charge < -0.3 is 20.7 Å². The molecule has 1 aliphatic rings. The topological polar surface area (TPSA) is 67.6 Å². The van der Waals surface area contributed by atoms with Crippen LogP contribution in [-0.2, 0) is 9.53 Å². The first-order valence-electron chi connectivity index (χ1n) is 7.43. The van der Waals surface area contributed by atoms with E-state index in [9.17, 15) is 4.79 Å². The van der Waals surface area contributed by atoms with Crippen molar-refractivity contribution in [1.29, 1.82) is 0 Å². The zero-order chi connectivity index (χ0) is 14.1. The normalized spacial score (nSPS) is 20.7. The minimum atomic E-state index is -0.559. The van der Waals surface area contributed by atoms with Crippen molar-refractivity contribution in [1.82, 2.24) is 10.2 Å². The summed E-state index contributed by atoms with van der Waals surface area (Å²) in [6, 6.07) is 0. The first-order chi connectivity index (χ1) is 9.08. The van der Waals surface area contributed by atoms with Gasteiger partial charge in [-0.3, -0.25) is 4.79 Å². The van der Waals surface area contributed by atoms with Crippen molar-refractivity contribution < 1.29 is 9.53 Å². The van der Waals surface area contributed by atoms with Crippen LogP contribution in [0.5, 0.6) is 0 Å². The van der Waals surface area contributed by atoms with Crippen molar-refractivity contribution in [3.63, 3.8) is 0 Å². The van der Waals surface area contributed by atoms with E-state index in [0.717, 1.165) is 65.1 Å². The van der Waals surface area contributed by atoms with Crippen LogP contribution in [-0.4, -0.2) is 55.7 Å². The van der Waals surface area contributed by atoms with Gasteiger partial charge in [-0.15, -0.1) is 0 Å². The molecule has 1 saturated heterocycles. The molecule has 0 aliphatic carbocycles. The maximum Gasteiger partial charge on any atom is 0.237 e. The molecule has 1 heterocycles. The summed E-state index contributed by atoms with van der Waals surface area (Å²) in [5, 5.41) is 3.20. The largest absolute Gasteiger partial charge is 0.380 e. The van der Waals surface area contributed by atoms with Crippen LogP contribution in [0.15, 0.2) is 0 Å². The lowest BCUT2D eigenvalue weighted by molar-refractivity contribution is -0.124. The second kappa shape index (κ2) is 8.51. The molecule has 5 nitrogen and oxygen atoms in total. The third-order valence-electron chi connectivity index (χ3n) is 3.83. The fourth-order valence-electron chi connectivity index (χ4n) is 2.52. The number of nitrogens with zero attached hydrogens (tertiary/aromatic N) is 1. The van der Waals surface area contributed by atoms with Crippen LogP contribution in [0.4, 0.5) is 0 Å². The first-order valence-corrected chi connectivity index (χ1v) is 7.43. The van der Waals surface area contributed by atoms with Crippen LogP contribution in [0.1, 0.15) is 39.5 Å². The van der Waals surface area contributed by atoms with Gasteiger partial charge in [0, 0.05) is 19.7 Å². The number of unbranched alkanes of at least 4 members (excludes halogenated alkanes) is 1. The Balaban J connectivity index is 2.22. The Labute approximate surface area is 116 Å². The SMILES string of the molecule is CCNC(C)(CCCCN1CCCOCC1)C(N)=O. The van der Waals surface area contributed by atoms with E-state index in [1.807, 2.05) is 13.8 Å². The van der Waals surface area contributed by atoms with Crippen molar-refractivity contribution in [2.45, 2.75) is 45.1 Å². The van der Waals surface area contributed by atoms with Gasteiger partial charge in [0.05, 0.1) is 12.1 Å². The van der Waals surface area contributed by atoms with E-state index in [1.54, 1.807) is 0 Å². The molecule has 0 radical (unpaired) electrons. The molecule has 112 valence electrons. The zero-order valence-corrected chi connectivity index (χ0v) is 12.4. The highest BCUT2D eigenvalue weighted by molar-refractivity contribution is 5.84.